The van der Waals surface area contributed by atoms with Gasteiger partial charge in [0.05, 0.1) is 23.6 Å². The molecule has 0 amide bonds. The van der Waals surface area contributed by atoms with Crippen molar-refractivity contribution in [2.24, 2.45) is 0 Å². The minimum absolute atomic E-state index is 0.146. The highest BCUT2D eigenvalue weighted by atomic mass is 79.9. The molecule has 0 aliphatic heterocycles. The van der Waals surface area contributed by atoms with E-state index in [0.717, 1.165) is 21.1 Å². The fourth-order valence-corrected chi connectivity index (χ4v) is 3.76. The molecule has 0 fully saturated rings. The lowest BCUT2D eigenvalue weighted by molar-refractivity contribution is -0.117. The molecule has 0 aliphatic carbocycles. The lowest BCUT2D eigenvalue weighted by Crippen LogP contribution is -2.06. The average molecular weight is 473 g/mol. The zero-order valence-corrected chi connectivity index (χ0v) is 18.0. The summed E-state index contributed by atoms with van der Waals surface area (Å²) in [7, 11) is 0. The van der Waals surface area contributed by atoms with Crippen molar-refractivity contribution < 1.29 is 13.6 Å². The van der Waals surface area contributed by atoms with E-state index in [0.29, 0.717) is 41.3 Å². The lowest BCUT2D eigenvalue weighted by atomic mass is 10.0. The highest BCUT2D eigenvalue weighted by Crippen LogP contribution is 2.31. The molecule has 0 saturated carbocycles. The van der Waals surface area contributed by atoms with Crippen LogP contribution in [0.3, 0.4) is 0 Å². The summed E-state index contributed by atoms with van der Waals surface area (Å²) in [6.45, 7) is 0. The molecular formula is C25H17BrN2O3. The monoisotopic (exact) mass is 472 g/mol. The Morgan fingerprint density at radius 3 is 1.94 bits per heavy atom. The summed E-state index contributed by atoms with van der Waals surface area (Å²) in [5.41, 5.74) is 4.55. The molecule has 6 heteroatoms. The van der Waals surface area contributed by atoms with Gasteiger partial charge in [-0.25, -0.2) is 9.97 Å². The summed E-state index contributed by atoms with van der Waals surface area (Å²) in [6, 6.07) is 20.8. The number of nitrogens with zero attached hydrogens (tertiary/aromatic N) is 2. The number of rotatable bonds is 6. The van der Waals surface area contributed by atoms with Crippen molar-refractivity contribution in [1.82, 2.24) is 9.97 Å². The van der Waals surface area contributed by atoms with Crippen LogP contribution >= 0.6 is 15.9 Å². The molecule has 5 rings (SSSR count). The topological polar surface area (TPSA) is 69.1 Å². The molecule has 31 heavy (non-hydrogen) atoms. The van der Waals surface area contributed by atoms with Crippen molar-refractivity contribution in [3.63, 3.8) is 0 Å². The number of Topliss-reactive ketones (excluding diaryl/α,β-unsaturated/α-hetero) is 1. The molecule has 3 heterocycles. The first-order valence-corrected chi connectivity index (χ1v) is 10.6. The van der Waals surface area contributed by atoms with Gasteiger partial charge < -0.3 is 8.83 Å². The highest BCUT2D eigenvalue weighted by molar-refractivity contribution is 9.10. The van der Waals surface area contributed by atoms with E-state index in [1.807, 2.05) is 66.7 Å². The van der Waals surface area contributed by atoms with Gasteiger partial charge in [-0.1, -0.05) is 34.1 Å². The number of hydrogen-bond donors (Lipinski definition) is 0. The SMILES string of the molecule is O=C(Cc1ccc(Br)cc1)Cc1ccc2nc(-c3ccco3)c(-c3ccco3)nc2c1. The normalized spacial score (nSPS) is 11.1. The Bertz CT molecular complexity index is 1340. The smallest absolute Gasteiger partial charge is 0.154 e. The molecule has 0 unspecified atom stereocenters. The molecule has 5 aromatic rings. The maximum absolute atomic E-state index is 12.6. The van der Waals surface area contributed by atoms with Crippen LogP contribution in [0, 0.1) is 0 Å². The van der Waals surface area contributed by atoms with Gasteiger partial charge in [0.15, 0.2) is 11.5 Å². The zero-order chi connectivity index (χ0) is 21.2. The van der Waals surface area contributed by atoms with Crippen LogP contribution in [0.4, 0.5) is 0 Å². The van der Waals surface area contributed by atoms with E-state index in [1.165, 1.54) is 0 Å². The molecule has 152 valence electrons. The summed E-state index contributed by atoms with van der Waals surface area (Å²) in [5.74, 6) is 1.38. The first-order chi connectivity index (χ1) is 15.2. The number of carbonyl (C=O) groups excluding carboxylic acids is 1. The maximum atomic E-state index is 12.6. The van der Waals surface area contributed by atoms with E-state index in [4.69, 9.17) is 18.8 Å². The fourth-order valence-electron chi connectivity index (χ4n) is 3.50. The standard InChI is InChI=1S/C25H17BrN2O3/c26-18-8-5-16(6-9-18)13-19(29)14-17-7-10-20-21(15-17)28-25(23-4-2-12-31-23)24(27-20)22-3-1-11-30-22/h1-12,15H,13-14H2. The molecule has 0 atom stereocenters. The predicted octanol–water partition coefficient (Wildman–Crippen LogP) is 6.27. The Labute approximate surface area is 186 Å². The number of carbonyl (C=O) groups is 1. The van der Waals surface area contributed by atoms with Crippen molar-refractivity contribution in [3.8, 4) is 22.9 Å². The molecule has 5 nitrogen and oxygen atoms in total. The van der Waals surface area contributed by atoms with Gasteiger partial charge in [-0.3, -0.25) is 4.79 Å². The maximum Gasteiger partial charge on any atom is 0.154 e. The predicted molar refractivity (Wildman–Crippen MR) is 121 cm³/mol. The molecular weight excluding hydrogens is 456 g/mol. The number of ketones is 1. The summed E-state index contributed by atoms with van der Waals surface area (Å²) >= 11 is 3.42. The Hall–Kier alpha value is -3.51. The third-order valence-electron chi connectivity index (χ3n) is 4.95. The van der Waals surface area contributed by atoms with Gasteiger partial charge in [0.25, 0.3) is 0 Å². The number of halogens is 1. The van der Waals surface area contributed by atoms with Crippen molar-refractivity contribution in [2.75, 3.05) is 0 Å². The third-order valence-corrected chi connectivity index (χ3v) is 5.48. The van der Waals surface area contributed by atoms with E-state index in [1.54, 1.807) is 12.5 Å². The van der Waals surface area contributed by atoms with Gasteiger partial charge in [-0.15, -0.1) is 0 Å². The number of hydrogen-bond acceptors (Lipinski definition) is 5. The summed E-state index contributed by atoms with van der Waals surface area (Å²) in [5, 5.41) is 0. The largest absolute Gasteiger partial charge is 0.463 e. The van der Waals surface area contributed by atoms with Gasteiger partial charge in [0.1, 0.15) is 17.2 Å². The minimum Gasteiger partial charge on any atom is -0.463 e. The Morgan fingerprint density at radius 2 is 1.32 bits per heavy atom. The Morgan fingerprint density at radius 1 is 0.742 bits per heavy atom. The molecule has 0 spiro atoms. The summed E-state index contributed by atoms with van der Waals surface area (Å²) < 4.78 is 12.1. The summed E-state index contributed by atoms with van der Waals surface area (Å²) in [4.78, 5) is 22.2. The van der Waals surface area contributed by atoms with Crippen LogP contribution in [0.2, 0.25) is 0 Å². The first-order valence-electron chi connectivity index (χ1n) is 9.80. The van der Waals surface area contributed by atoms with Crippen LogP contribution in [0.15, 0.2) is 92.6 Å². The lowest BCUT2D eigenvalue weighted by Gasteiger charge is -2.08. The summed E-state index contributed by atoms with van der Waals surface area (Å²) in [6.07, 6.45) is 3.94. The van der Waals surface area contributed by atoms with Gasteiger partial charge in [-0.2, -0.15) is 0 Å². The van der Waals surface area contributed by atoms with Crippen molar-refractivity contribution in [2.45, 2.75) is 12.8 Å². The number of aromatic nitrogens is 2. The van der Waals surface area contributed by atoms with Crippen LogP contribution in [0.25, 0.3) is 33.9 Å². The van der Waals surface area contributed by atoms with Crippen LogP contribution in [0.1, 0.15) is 11.1 Å². The zero-order valence-electron chi connectivity index (χ0n) is 16.4. The van der Waals surface area contributed by atoms with Crippen LogP contribution < -0.4 is 0 Å². The number of benzene rings is 2. The van der Waals surface area contributed by atoms with Crippen molar-refractivity contribution >= 4 is 32.7 Å². The van der Waals surface area contributed by atoms with Gasteiger partial charge >= 0.3 is 0 Å². The molecule has 0 saturated heterocycles. The molecule has 0 N–H and O–H groups in total. The fraction of sp³-hybridized carbons (Fsp3) is 0.0800. The van der Waals surface area contributed by atoms with E-state index < -0.39 is 0 Å². The third kappa shape index (κ3) is 4.20. The quantitative estimate of drug-likeness (QED) is 0.291. The van der Waals surface area contributed by atoms with Gasteiger partial charge in [-0.05, 0) is 59.7 Å². The van der Waals surface area contributed by atoms with E-state index in [2.05, 4.69) is 15.9 Å². The number of fused-ring (bicyclic) bond motifs is 1. The Kier molecular flexibility index (Phi) is 5.22. The number of furan rings is 2. The second kappa shape index (κ2) is 8.32. The van der Waals surface area contributed by atoms with E-state index in [9.17, 15) is 4.79 Å². The Balaban J connectivity index is 1.47. The van der Waals surface area contributed by atoms with Gasteiger partial charge in [0, 0.05) is 17.3 Å². The molecule has 3 aromatic heterocycles. The van der Waals surface area contributed by atoms with E-state index >= 15 is 0 Å². The average Bonchev–Trinajstić information content (AvgIpc) is 3.49. The molecule has 2 aromatic carbocycles. The highest BCUT2D eigenvalue weighted by Gasteiger charge is 2.17. The van der Waals surface area contributed by atoms with Crippen LogP contribution in [-0.2, 0) is 17.6 Å². The van der Waals surface area contributed by atoms with E-state index in [-0.39, 0.29) is 5.78 Å². The molecule has 0 aliphatic rings. The molecule has 0 bridgehead atoms. The van der Waals surface area contributed by atoms with Crippen LogP contribution in [0.5, 0.6) is 0 Å². The second-order valence-corrected chi connectivity index (χ2v) is 8.13. The van der Waals surface area contributed by atoms with Crippen LogP contribution in [-0.4, -0.2) is 15.8 Å². The van der Waals surface area contributed by atoms with Crippen molar-refractivity contribution in [1.29, 1.82) is 0 Å². The first kappa shape index (κ1) is 19.5. The second-order valence-electron chi connectivity index (χ2n) is 7.22. The minimum atomic E-state index is 0.146. The molecule has 0 radical (unpaired) electrons. The van der Waals surface area contributed by atoms with Crippen molar-refractivity contribution in [3.05, 3.63) is 94.9 Å². The van der Waals surface area contributed by atoms with Gasteiger partial charge in [0.2, 0.25) is 0 Å².